The van der Waals surface area contributed by atoms with Crippen molar-refractivity contribution in [3.63, 3.8) is 0 Å². The number of nitrogens with two attached hydrogens (primary N) is 1. The maximum Gasteiger partial charge on any atom is 0.133 e. The molecule has 2 heterocycles. The quantitative estimate of drug-likeness (QED) is 0.579. The van der Waals surface area contributed by atoms with Gasteiger partial charge in [-0.2, -0.15) is 0 Å². The van der Waals surface area contributed by atoms with Crippen molar-refractivity contribution in [3.8, 4) is 0 Å². The number of rotatable bonds is 0. The highest BCUT2D eigenvalue weighted by molar-refractivity contribution is 6.07. The highest BCUT2D eigenvalue weighted by Gasteiger charge is 2.06. The lowest BCUT2D eigenvalue weighted by Gasteiger charge is -2.05. The highest BCUT2D eigenvalue weighted by Crippen LogP contribution is 2.26. The molecular formula is C13H11N3. The van der Waals surface area contributed by atoms with Gasteiger partial charge in [0.1, 0.15) is 5.82 Å². The van der Waals surface area contributed by atoms with Gasteiger partial charge in [0.05, 0.1) is 11.0 Å². The largest absolute Gasteiger partial charge is 0.383 e. The van der Waals surface area contributed by atoms with Crippen molar-refractivity contribution < 1.29 is 0 Å². The summed E-state index contributed by atoms with van der Waals surface area (Å²) in [5.41, 5.74) is 8.74. The third-order valence-corrected chi connectivity index (χ3v) is 2.71. The normalized spacial score (nSPS) is 11.1. The van der Waals surface area contributed by atoms with E-state index in [1.54, 1.807) is 0 Å². The second kappa shape index (κ2) is 3.17. The van der Waals surface area contributed by atoms with Gasteiger partial charge in [-0.25, -0.2) is 4.98 Å². The van der Waals surface area contributed by atoms with E-state index in [1.165, 1.54) is 0 Å². The molecule has 78 valence electrons. The summed E-state index contributed by atoms with van der Waals surface area (Å²) < 4.78 is 0. The van der Waals surface area contributed by atoms with Gasteiger partial charge in [0.25, 0.3) is 0 Å². The van der Waals surface area contributed by atoms with E-state index in [0.29, 0.717) is 5.82 Å². The minimum absolute atomic E-state index is 0.543. The van der Waals surface area contributed by atoms with Gasteiger partial charge in [0.15, 0.2) is 0 Å². The maximum atomic E-state index is 5.92. The Morgan fingerprint density at radius 1 is 0.938 bits per heavy atom. The van der Waals surface area contributed by atoms with Gasteiger partial charge >= 0.3 is 0 Å². The lowest BCUT2D eigenvalue weighted by atomic mass is 10.1. The Hall–Kier alpha value is -2.16. The molecule has 0 unspecified atom stereocenters. The van der Waals surface area contributed by atoms with Crippen LogP contribution in [0.5, 0.6) is 0 Å². The van der Waals surface area contributed by atoms with Crippen LogP contribution < -0.4 is 5.73 Å². The number of para-hydroxylation sites is 1. The second-order valence-corrected chi connectivity index (χ2v) is 3.86. The molecule has 0 aliphatic rings. The molecule has 3 heteroatoms. The fourth-order valence-electron chi connectivity index (χ4n) is 1.93. The number of hydrogen-bond acceptors (Lipinski definition) is 3. The number of nitrogens with zero attached hydrogens (tertiary/aromatic N) is 2. The molecule has 0 aliphatic heterocycles. The van der Waals surface area contributed by atoms with Crippen LogP contribution in [0.1, 0.15) is 5.69 Å². The van der Waals surface area contributed by atoms with Gasteiger partial charge in [-0.05, 0) is 25.1 Å². The van der Waals surface area contributed by atoms with Crippen molar-refractivity contribution in [2.75, 3.05) is 5.73 Å². The van der Waals surface area contributed by atoms with Crippen LogP contribution in [0, 0.1) is 6.92 Å². The summed E-state index contributed by atoms with van der Waals surface area (Å²) in [7, 11) is 0. The maximum absolute atomic E-state index is 5.92. The lowest BCUT2D eigenvalue weighted by molar-refractivity contribution is 1.26. The van der Waals surface area contributed by atoms with Gasteiger partial charge in [-0.3, -0.25) is 4.98 Å². The fourth-order valence-corrected chi connectivity index (χ4v) is 1.93. The highest BCUT2D eigenvalue weighted by atomic mass is 14.9. The molecule has 0 fully saturated rings. The summed E-state index contributed by atoms with van der Waals surface area (Å²) in [5.74, 6) is 0.543. The summed E-state index contributed by atoms with van der Waals surface area (Å²) >= 11 is 0. The minimum Gasteiger partial charge on any atom is -0.383 e. The third-order valence-electron chi connectivity index (χ3n) is 2.71. The number of aromatic nitrogens is 2. The fraction of sp³-hybridized carbons (Fsp3) is 0.0769. The summed E-state index contributed by atoms with van der Waals surface area (Å²) in [4.78, 5) is 8.92. The van der Waals surface area contributed by atoms with Gasteiger partial charge in [0.2, 0.25) is 0 Å². The van der Waals surface area contributed by atoms with Gasteiger partial charge in [-0.15, -0.1) is 0 Å². The average molecular weight is 209 g/mol. The number of nitrogen functional groups attached to an aromatic ring is 1. The molecule has 3 rings (SSSR count). The van der Waals surface area contributed by atoms with Crippen molar-refractivity contribution in [2.45, 2.75) is 6.92 Å². The van der Waals surface area contributed by atoms with Crippen LogP contribution in [-0.4, -0.2) is 9.97 Å². The first-order chi connectivity index (χ1) is 7.75. The van der Waals surface area contributed by atoms with Crippen molar-refractivity contribution in [1.82, 2.24) is 9.97 Å². The number of hydrogen-bond donors (Lipinski definition) is 1. The smallest absolute Gasteiger partial charge is 0.133 e. The molecule has 0 atom stereocenters. The molecule has 16 heavy (non-hydrogen) atoms. The van der Waals surface area contributed by atoms with Crippen LogP contribution >= 0.6 is 0 Å². The Morgan fingerprint density at radius 2 is 1.75 bits per heavy atom. The number of anilines is 1. The van der Waals surface area contributed by atoms with E-state index in [1.807, 2.05) is 43.3 Å². The molecule has 0 amide bonds. The van der Waals surface area contributed by atoms with E-state index in [9.17, 15) is 0 Å². The molecule has 2 aromatic heterocycles. The van der Waals surface area contributed by atoms with E-state index in [4.69, 9.17) is 5.73 Å². The molecule has 0 radical (unpaired) electrons. The first-order valence-electron chi connectivity index (χ1n) is 5.17. The summed E-state index contributed by atoms with van der Waals surface area (Å²) in [5, 5.41) is 1.97. The number of benzene rings is 1. The molecule has 0 spiro atoms. The molecule has 3 nitrogen and oxygen atoms in total. The van der Waals surface area contributed by atoms with Crippen LogP contribution in [0.4, 0.5) is 5.82 Å². The number of fused-ring (bicyclic) bond motifs is 3. The molecule has 1 aromatic carbocycles. The number of pyridine rings is 2. The van der Waals surface area contributed by atoms with E-state index in [-0.39, 0.29) is 0 Å². The number of aryl methyl sites for hydroxylation is 1. The van der Waals surface area contributed by atoms with Crippen LogP contribution in [0.25, 0.3) is 21.8 Å². The Kier molecular flexibility index (Phi) is 1.80. The molecule has 0 saturated heterocycles. The second-order valence-electron chi connectivity index (χ2n) is 3.86. The first kappa shape index (κ1) is 9.09. The van der Waals surface area contributed by atoms with E-state index < -0.39 is 0 Å². The van der Waals surface area contributed by atoms with E-state index in [0.717, 1.165) is 27.5 Å². The van der Waals surface area contributed by atoms with Crippen LogP contribution in [0.3, 0.4) is 0 Å². The standard InChI is InChI=1S/C13H11N3/c1-8-6-7-10-12(15-8)9-4-2-3-5-11(9)16-13(10)14/h2-7H,1H3,(H2,14,16). The molecule has 0 bridgehead atoms. The summed E-state index contributed by atoms with van der Waals surface area (Å²) in [6.45, 7) is 1.98. The van der Waals surface area contributed by atoms with E-state index >= 15 is 0 Å². The lowest BCUT2D eigenvalue weighted by Crippen LogP contribution is -1.95. The van der Waals surface area contributed by atoms with Crippen molar-refractivity contribution >= 4 is 27.6 Å². The van der Waals surface area contributed by atoms with Crippen LogP contribution in [0.15, 0.2) is 36.4 Å². The third kappa shape index (κ3) is 1.21. The predicted molar refractivity (Wildman–Crippen MR) is 66.2 cm³/mol. The topological polar surface area (TPSA) is 51.8 Å². The van der Waals surface area contributed by atoms with Crippen molar-refractivity contribution in [2.24, 2.45) is 0 Å². The van der Waals surface area contributed by atoms with E-state index in [2.05, 4.69) is 9.97 Å². The molecule has 3 aromatic rings. The predicted octanol–water partition coefficient (Wildman–Crippen LogP) is 2.67. The minimum atomic E-state index is 0.543. The Bertz CT molecular complexity index is 689. The summed E-state index contributed by atoms with van der Waals surface area (Å²) in [6.07, 6.45) is 0. The molecule has 2 N–H and O–H groups in total. The van der Waals surface area contributed by atoms with Crippen LogP contribution in [0.2, 0.25) is 0 Å². The van der Waals surface area contributed by atoms with Gasteiger partial charge in [0, 0.05) is 16.5 Å². The van der Waals surface area contributed by atoms with Crippen LogP contribution in [-0.2, 0) is 0 Å². The van der Waals surface area contributed by atoms with Crippen molar-refractivity contribution in [3.05, 3.63) is 42.1 Å². The monoisotopic (exact) mass is 209 g/mol. The zero-order chi connectivity index (χ0) is 11.1. The Labute approximate surface area is 92.9 Å². The Balaban J connectivity index is 2.61. The van der Waals surface area contributed by atoms with Gasteiger partial charge in [-0.1, -0.05) is 18.2 Å². The zero-order valence-electron chi connectivity index (χ0n) is 8.94. The SMILES string of the molecule is Cc1ccc2c(N)nc3ccccc3c2n1. The summed E-state index contributed by atoms with van der Waals surface area (Å²) in [6, 6.07) is 11.9. The Morgan fingerprint density at radius 3 is 2.62 bits per heavy atom. The molecule has 0 aliphatic carbocycles. The van der Waals surface area contributed by atoms with Gasteiger partial charge < -0.3 is 5.73 Å². The van der Waals surface area contributed by atoms with Crippen molar-refractivity contribution in [1.29, 1.82) is 0 Å². The molecule has 0 saturated carbocycles. The average Bonchev–Trinajstić information content (AvgIpc) is 2.29. The molecular weight excluding hydrogens is 198 g/mol. The first-order valence-corrected chi connectivity index (χ1v) is 5.17. The zero-order valence-corrected chi connectivity index (χ0v) is 8.94.